The van der Waals surface area contributed by atoms with Crippen molar-refractivity contribution >= 4 is 43.5 Å². The summed E-state index contributed by atoms with van der Waals surface area (Å²) in [6.45, 7) is 0. The van der Waals surface area contributed by atoms with E-state index in [1.54, 1.807) is 0 Å². The first-order valence-corrected chi connectivity index (χ1v) is 7.22. The highest BCUT2D eigenvalue weighted by Gasteiger charge is 2.19. The molecule has 0 spiro atoms. The predicted molar refractivity (Wildman–Crippen MR) is 76.2 cm³/mol. The van der Waals surface area contributed by atoms with Crippen LogP contribution in [0.15, 0.2) is 34.8 Å². The van der Waals surface area contributed by atoms with Crippen molar-refractivity contribution in [3.8, 4) is 0 Å². The number of rotatable bonds is 2. The van der Waals surface area contributed by atoms with Crippen LogP contribution >= 0.6 is 43.5 Å². The molecule has 0 aromatic heterocycles. The van der Waals surface area contributed by atoms with Crippen molar-refractivity contribution in [1.82, 2.24) is 0 Å². The molecule has 0 aliphatic carbocycles. The summed E-state index contributed by atoms with van der Waals surface area (Å²) < 4.78 is 40.2. The Bertz CT molecular complexity index is 632. The monoisotopic (exact) mass is 412 g/mol. The fourth-order valence-corrected chi connectivity index (χ4v) is 3.54. The van der Waals surface area contributed by atoms with Crippen LogP contribution in [0.1, 0.15) is 16.0 Å². The molecule has 0 saturated carbocycles. The normalized spacial score (nSPS) is 12.5. The molecule has 0 aliphatic rings. The summed E-state index contributed by atoms with van der Waals surface area (Å²) in [5.74, 6) is -2.45. The van der Waals surface area contributed by atoms with Crippen molar-refractivity contribution in [3.63, 3.8) is 0 Å². The van der Waals surface area contributed by atoms with Gasteiger partial charge in [-0.3, -0.25) is 0 Å². The average molecular weight is 414 g/mol. The van der Waals surface area contributed by atoms with Crippen LogP contribution in [0.5, 0.6) is 0 Å². The van der Waals surface area contributed by atoms with Crippen molar-refractivity contribution in [3.05, 3.63) is 68.4 Å². The number of halogens is 6. The lowest BCUT2D eigenvalue weighted by Crippen LogP contribution is -1.98. The molecule has 6 heteroatoms. The molecule has 0 saturated heterocycles. The summed E-state index contributed by atoms with van der Waals surface area (Å²) in [7, 11) is 0. The van der Waals surface area contributed by atoms with Crippen molar-refractivity contribution in [1.29, 1.82) is 0 Å². The first-order valence-electron chi connectivity index (χ1n) is 5.13. The van der Waals surface area contributed by atoms with Crippen molar-refractivity contribution in [2.75, 3.05) is 0 Å². The van der Waals surface area contributed by atoms with Crippen LogP contribution < -0.4 is 0 Å². The highest BCUT2D eigenvalue weighted by molar-refractivity contribution is 9.11. The predicted octanol–water partition coefficient (Wildman–Crippen LogP) is 6.00. The first-order chi connectivity index (χ1) is 8.90. The zero-order valence-corrected chi connectivity index (χ0v) is 13.2. The van der Waals surface area contributed by atoms with Gasteiger partial charge in [-0.2, -0.15) is 0 Å². The van der Waals surface area contributed by atoms with Crippen molar-refractivity contribution in [2.24, 2.45) is 0 Å². The van der Waals surface area contributed by atoms with Gasteiger partial charge in [0.05, 0.1) is 4.83 Å². The van der Waals surface area contributed by atoms with Gasteiger partial charge in [-0.25, -0.2) is 13.2 Å². The molecule has 2 aromatic carbocycles. The van der Waals surface area contributed by atoms with E-state index in [2.05, 4.69) is 31.9 Å². The largest absolute Gasteiger partial charge is 0.207 e. The van der Waals surface area contributed by atoms with E-state index in [1.165, 1.54) is 18.2 Å². The van der Waals surface area contributed by atoms with Crippen LogP contribution in [0, 0.1) is 17.5 Å². The Labute approximate surface area is 129 Å². The van der Waals surface area contributed by atoms with Gasteiger partial charge in [0.15, 0.2) is 11.6 Å². The van der Waals surface area contributed by atoms with E-state index in [0.29, 0.717) is 15.6 Å². The van der Waals surface area contributed by atoms with Gasteiger partial charge in [-0.05, 0) is 41.5 Å². The van der Waals surface area contributed by atoms with Gasteiger partial charge in [0.2, 0.25) is 0 Å². The Morgan fingerprint density at radius 3 is 2.26 bits per heavy atom. The Morgan fingerprint density at radius 1 is 0.947 bits per heavy atom. The minimum absolute atomic E-state index is 0.0666. The van der Waals surface area contributed by atoms with Crippen molar-refractivity contribution in [2.45, 2.75) is 4.83 Å². The fraction of sp³-hybridized carbons (Fsp3) is 0.0769. The second kappa shape index (κ2) is 5.85. The number of hydrogen-bond acceptors (Lipinski definition) is 0. The van der Waals surface area contributed by atoms with E-state index in [0.717, 1.165) is 12.1 Å². The molecule has 0 nitrogen and oxygen atoms in total. The van der Waals surface area contributed by atoms with E-state index in [9.17, 15) is 13.2 Å². The van der Waals surface area contributed by atoms with Crippen LogP contribution in [0.25, 0.3) is 0 Å². The number of hydrogen-bond donors (Lipinski definition) is 0. The lowest BCUT2D eigenvalue weighted by molar-refractivity contribution is 0.507. The molecule has 2 aromatic rings. The summed E-state index contributed by atoms with van der Waals surface area (Å²) in [5, 5.41) is 0.0666. The molecule has 100 valence electrons. The Morgan fingerprint density at radius 2 is 1.58 bits per heavy atom. The lowest BCUT2D eigenvalue weighted by Gasteiger charge is -2.14. The van der Waals surface area contributed by atoms with E-state index in [4.69, 9.17) is 11.6 Å². The molecule has 0 bridgehead atoms. The second-order valence-corrected chi connectivity index (χ2v) is 5.99. The van der Waals surface area contributed by atoms with Gasteiger partial charge in [-0.1, -0.05) is 43.5 Å². The third kappa shape index (κ3) is 3.15. The van der Waals surface area contributed by atoms with E-state index >= 15 is 0 Å². The van der Waals surface area contributed by atoms with Gasteiger partial charge < -0.3 is 0 Å². The zero-order chi connectivity index (χ0) is 14.2. The summed E-state index contributed by atoms with van der Waals surface area (Å²) >= 11 is 12.5. The van der Waals surface area contributed by atoms with Gasteiger partial charge in [0.25, 0.3) is 0 Å². The summed E-state index contributed by atoms with van der Waals surface area (Å²) in [4.78, 5) is -0.555. The molecular formula is C13H6Br2ClF3. The molecule has 0 heterocycles. The second-order valence-electron chi connectivity index (χ2n) is 3.82. The third-order valence-electron chi connectivity index (χ3n) is 2.54. The maximum absolute atomic E-state index is 13.3. The Kier molecular flexibility index (Phi) is 4.58. The fourth-order valence-electron chi connectivity index (χ4n) is 1.61. The molecule has 1 atom stereocenters. The summed E-state index contributed by atoms with van der Waals surface area (Å²) in [6.07, 6.45) is 0. The lowest BCUT2D eigenvalue weighted by atomic mass is 10.0. The van der Waals surface area contributed by atoms with E-state index in [1.807, 2.05) is 0 Å². The Balaban J connectivity index is 2.52. The topological polar surface area (TPSA) is 0 Å². The van der Waals surface area contributed by atoms with Gasteiger partial charge >= 0.3 is 0 Å². The summed E-state index contributed by atoms with van der Waals surface area (Å²) in [6, 6.07) is 6.01. The molecule has 19 heavy (non-hydrogen) atoms. The van der Waals surface area contributed by atoms with Crippen LogP contribution in [-0.4, -0.2) is 0 Å². The molecule has 2 rings (SSSR count). The third-order valence-corrected chi connectivity index (χ3v) is 4.58. The molecule has 0 fully saturated rings. The highest BCUT2D eigenvalue weighted by atomic mass is 79.9. The minimum Gasteiger partial charge on any atom is -0.207 e. The number of alkyl halides is 1. The molecular weight excluding hydrogens is 408 g/mol. The highest BCUT2D eigenvalue weighted by Crippen LogP contribution is 2.39. The molecule has 0 amide bonds. The zero-order valence-electron chi connectivity index (χ0n) is 9.23. The quantitative estimate of drug-likeness (QED) is 0.417. The van der Waals surface area contributed by atoms with Crippen molar-refractivity contribution < 1.29 is 13.2 Å². The van der Waals surface area contributed by atoms with E-state index < -0.39 is 22.3 Å². The molecule has 1 unspecified atom stereocenters. The summed E-state index contributed by atoms with van der Waals surface area (Å²) in [5.41, 5.74) is 0.861. The molecule has 0 aliphatic heterocycles. The van der Waals surface area contributed by atoms with Crippen LogP contribution in [0.4, 0.5) is 13.2 Å². The van der Waals surface area contributed by atoms with Gasteiger partial charge in [0, 0.05) is 9.50 Å². The number of benzene rings is 2. The maximum Gasteiger partial charge on any atom is 0.160 e. The van der Waals surface area contributed by atoms with E-state index in [-0.39, 0.29) is 5.02 Å². The molecule has 0 N–H and O–H groups in total. The van der Waals surface area contributed by atoms with Gasteiger partial charge in [-0.15, -0.1) is 0 Å². The van der Waals surface area contributed by atoms with Crippen LogP contribution in [0.2, 0.25) is 5.02 Å². The minimum atomic E-state index is -1.02. The maximum atomic E-state index is 13.3. The van der Waals surface area contributed by atoms with Crippen LogP contribution in [-0.2, 0) is 0 Å². The molecule has 0 radical (unpaired) electrons. The standard InChI is InChI=1S/C13H6Br2ClF3/c14-9-2-1-6(17)3-7(9)13(15)8-4-11(18)12(19)5-10(8)16/h1-5,13H. The Hall–Kier alpha value is -0.520. The van der Waals surface area contributed by atoms with Gasteiger partial charge in [0.1, 0.15) is 5.82 Å². The average Bonchev–Trinajstić information content (AvgIpc) is 2.36. The smallest absolute Gasteiger partial charge is 0.160 e. The van der Waals surface area contributed by atoms with Crippen LogP contribution in [0.3, 0.4) is 0 Å². The SMILES string of the molecule is Fc1ccc(Br)c(C(Br)c2cc(F)c(F)cc2Cl)c1. The first kappa shape index (κ1) is 14.9.